The van der Waals surface area contributed by atoms with Crippen molar-refractivity contribution in [3.05, 3.63) is 40.9 Å². The molecule has 0 fully saturated rings. The van der Waals surface area contributed by atoms with Crippen molar-refractivity contribution < 1.29 is 4.74 Å². The van der Waals surface area contributed by atoms with Crippen LogP contribution in [0.4, 0.5) is 0 Å². The molecule has 0 radical (unpaired) electrons. The van der Waals surface area contributed by atoms with E-state index in [-0.39, 0.29) is 0 Å². The van der Waals surface area contributed by atoms with E-state index < -0.39 is 0 Å². The van der Waals surface area contributed by atoms with Gasteiger partial charge in [0.2, 0.25) is 0 Å². The highest BCUT2D eigenvalue weighted by atomic mass is 79.9. The molecule has 0 N–H and O–H groups in total. The van der Waals surface area contributed by atoms with Crippen molar-refractivity contribution in [2.45, 2.75) is 26.2 Å². The fraction of sp³-hybridized carbons (Fsp3) is 0.385. The zero-order chi connectivity index (χ0) is 11.3. The maximum atomic E-state index is 5.49. The van der Waals surface area contributed by atoms with E-state index in [4.69, 9.17) is 4.74 Å². The van der Waals surface area contributed by atoms with Crippen LogP contribution < -0.4 is 4.74 Å². The first-order valence-electron chi connectivity index (χ1n) is 5.19. The summed E-state index contributed by atoms with van der Waals surface area (Å²) in [5.74, 6) is 1.51. The Labute approximate surface area is 100 Å². The van der Waals surface area contributed by atoms with Crippen LogP contribution in [0, 0.1) is 0 Å². The molecule has 1 unspecified atom stereocenters. The number of ether oxygens (including phenoxy) is 1. The molecule has 15 heavy (non-hydrogen) atoms. The summed E-state index contributed by atoms with van der Waals surface area (Å²) in [4.78, 5) is 0. The van der Waals surface area contributed by atoms with Gasteiger partial charge >= 0.3 is 0 Å². The summed E-state index contributed by atoms with van der Waals surface area (Å²) in [5, 5.41) is 0. The SMILES string of the molecule is C=C(Br)COc1ccc(C(C)CC)cc1. The molecule has 0 heterocycles. The van der Waals surface area contributed by atoms with Crippen LogP contribution in [0.1, 0.15) is 31.7 Å². The Balaban J connectivity index is 2.60. The highest BCUT2D eigenvalue weighted by molar-refractivity contribution is 9.11. The molecule has 1 aromatic rings. The Morgan fingerprint density at radius 2 is 2.00 bits per heavy atom. The van der Waals surface area contributed by atoms with Crippen LogP contribution in [-0.2, 0) is 0 Å². The van der Waals surface area contributed by atoms with Crippen LogP contribution >= 0.6 is 15.9 Å². The first-order chi connectivity index (χ1) is 7.13. The molecule has 0 spiro atoms. The summed E-state index contributed by atoms with van der Waals surface area (Å²) in [6.07, 6.45) is 1.17. The first kappa shape index (κ1) is 12.3. The largest absolute Gasteiger partial charge is 0.488 e. The summed E-state index contributed by atoms with van der Waals surface area (Å²) in [6, 6.07) is 8.27. The molecule has 0 aliphatic rings. The Kier molecular flexibility index (Phi) is 4.89. The average molecular weight is 269 g/mol. The molecule has 1 atom stereocenters. The van der Waals surface area contributed by atoms with Gasteiger partial charge in [-0.1, -0.05) is 48.5 Å². The minimum atomic E-state index is 0.517. The van der Waals surface area contributed by atoms with Crippen LogP contribution in [-0.4, -0.2) is 6.61 Å². The van der Waals surface area contributed by atoms with E-state index in [1.165, 1.54) is 12.0 Å². The van der Waals surface area contributed by atoms with Gasteiger partial charge in [0.15, 0.2) is 0 Å². The van der Waals surface area contributed by atoms with E-state index >= 15 is 0 Å². The zero-order valence-electron chi connectivity index (χ0n) is 9.29. The predicted octanol–water partition coefficient (Wildman–Crippen LogP) is 4.49. The van der Waals surface area contributed by atoms with E-state index in [1.807, 2.05) is 12.1 Å². The minimum absolute atomic E-state index is 0.517. The van der Waals surface area contributed by atoms with Gasteiger partial charge in [0.25, 0.3) is 0 Å². The summed E-state index contributed by atoms with van der Waals surface area (Å²) < 4.78 is 6.34. The molecule has 0 amide bonds. The Morgan fingerprint density at radius 3 is 2.47 bits per heavy atom. The van der Waals surface area contributed by atoms with Gasteiger partial charge in [-0.2, -0.15) is 0 Å². The monoisotopic (exact) mass is 268 g/mol. The number of benzene rings is 1. The average Bonchev–Trinajstić information content (AvgIpc) is 2.26. The molecule has 0 aliphatic carbocycles. The highest BCUT2D eigenvalue weighted by Gasteiger charge is 2.02. The van der Waals surface area contributed by atoms with Gasteiger partial charge < -0.3 is 4.74 Å². The van der Waals surface area contributed by atoms with Crippen LogP contribution in [0.3, 0.4) is 0 Å². The Bertz CT molecular complexity index is 316. The molecule has 0 saturated carbocycles. The smallest absolute Gasteiger partial charge is 0.119 e. The summed E-state index contributed by atoms with van der Waals surface area (Å²) >= 11 is 3.26. The second-order valence-electron chi connectivity index (χ2n) is 3.68. The van der Waals surface area contributed by atoms with E-state index in [1.54, 1.807) is 0 Å². The molecular weight excluding hydrogens is 252 g/mol. The standard InChI is InChI=1S/C13H17BrO/c1-4-10(2)12-5-7-13(8-6-12)15-9-11(3)14/h5-8,10H,3-4,9H2,1-2H3. The lowest BCUT2D eigenvalue weighted by Crippen LogP contribution is -1.96. The van der Waals surface area contributed by atoms with Gasteiger partial charge in [-0.05, 0) is 30.0 Å². The van der Waals surface area contributed by atoms with Gasteiger partial charge in [-0.25, -0.2) is 0 Å². The topological polar surface area (TPSA) is 9.23 Å². The molecule has 82 valence electrons. The van der Waals surface area contributed by atoms with E-state index in [0.717, 1.165) is 10.2 Å². The van der Waals surface area contributed by atoms with Crippen LogP contribution in [0.2, 0.25) is 0 Å². The Morgan fingerprint density at radius 1 is 1.40 bits per heavy atom. The lowest BCUT2D eigenvalue weighted by Gasteiger charge is -2.10. The molecule has 0 bridgehead atoms. The van der Waals surface area contributed by atoms with Crippen molar-refractivity contribution in [3.63, 3.8) is 0 Å². The Hall–Kier alpha value is -0.760. The van der Waals surface area contributed by atoms with Gasteiger partial charge in [0, 0.05) is 4.48 Å². The molecule has 0 saturated heterocycles. The van der Waals surface area contributed by atoms with Crippen LogP contribution in [0.25, 0.3) is 0 Å². The van der Waals surface area contributed by atoms with E-state index in [2.05, 4.69) is 48.5 Å². The molecule has 0 aromatic heterocycles. The second kappa shape index (κ2) is 5.96. The lowest BCUT2D eigenvalue weighted by molar-refractivity contribution is 0.361. The minimum Gasteiger partial charge on any atom is -0.488 e. The fourth-order valence-electron chi connectivity index (χ4n) is 1.29. The molecular formula is C13H17BrO. The molecule has 2 heteroatoms. The van der Waals surface area contributed by atoms with Crippen molar-refractivity contribution in [1.29, 1.82) is 0 Å². The third-order valence-electron chi connectivity index (χ3n) is 2.46. The number of hydrogen-bond donors (Lipinski definition) is 0. The summed E-state index contributed by atoms with van der Waals surface area (Å²) in [7, 11) is 0. The highest BCUT2D eigenvalue weighted by Crippen LogP contribution is 2.21. The number of halogens is 1. The molecule has 1 nitrogen and oxygen atoms in total. The number of rotatable bonds is 5. The predicted molar refractivity (Wildman–Crippen MR) is 68.7 cm³/mol. The van der Waals surface area contributed by atoms with E-state index in [9.17, 15) is 0 Å². The third kappa shape index (κ3) is 4.08. The summed E-state index contributed by atoms with van der Waals surface area (Å²) in [5.41, 5.74) is 1.36. The number of hydrogen-bond acceptors (Lipinski definition) is 1. The van der Waals surface area contributed by atoms with Crippen molar-refractivity contribution in [2.24, 2.45) is 0 Å². The van der Waals surface area contributed by atoms with Crippen LogP contribution in [0.15, 0.2) is 35.3 Å². The molecule has 1 rings (SSSR count). The van der Waals surface area contributed by atoms with Crippen molar-refractivity contribution in [2.75, 3.05) is 6.61 Å². The van der Waals surface area contributed by atoms with E-state index in [0.29, 0.717) is 12.5 Å². The van der Waals surface area contributed by atoms with Crippen molar-refractivity contribution >= 4 is 15.9 Å². The van der Waals surface area contributed by atoms with Crippen LogP contribution in [0.5, 0.6) is 5.75 Å². The molecule has 0 aliphatic heterocycles. The lowest BCUT2D eigenvalue weighted by atomic mass is 9.99. The third-order valence-corrected chi connectivity index (χ3v) is 2.69. The van der Waals surface area contributed by atoms with Gasteiger partial charge in [-0.3, -0.25) is 0 Å². The first-order valence-corrected chi connectivity index (χ1v) is 5.98. The van der Waals surface area contributed by atoms with Gasteiger partial charge in [-0.15, -0.1) is 0 Å². The van der Waals surface area contributed by atoms with Gasteiger partial charge in [0.05, 0.1) is 0 Å². The quantitative estimate of drug-likeness (QED) is 0.765. The van der Waals surface area contributed by atoms with Gasteiger partial charge in [0.1, 0.15) is 12.4 Å². The summed E-state index contributed by atoms with van der Waals surface area (Å²) in [6.45, 7) is 8.67. The van der Waals surface area contributed by atoms with Crippen molar-refractivity contribution in [3.8, 4) is 5.75 Å². The fourth-order valence-corrected chi connectivity index (χ4v) is 1.40. The normalized spacial score (nSPS) is 12.2. The maximum Gasteiger partial charge on any atom is 0.119 e. The zero-order valence-corrected chi connectivity index (χ0v) is 10.9. The second-order valence-corrected chi connectivity index (χ2v) is 4.81. The van der Waals surface area contributed by atoms with Crippen molar-refractivity contribution in [1.82, 2.24) is 0 Å². The molecule has 1 aromatic carbocycles. The maximum absolute atomic E-state index is 5.49.